The second-order valence-corrected chi connectivity index (χ2v) is 6.62. The van der Waals surface area contributed by atoms with E-state index in [-0.39, 0.29) is 51.6 Å². The summed E-state index contributed by atoms with van der Waals surface area (Å²) < 4.78 is 10.4. The zero-order valence-electron chi connectivity index (χ0n) is 17.1. The molecule has 1 aromatic carbocycles. The van der Waals surface area contributed by atoms with Gasteiger partial charge >= 0.3 is 5.97 Å². The predicted molar refractivity (Wildman–Crippen MR) is 104 cm³/mol. The van der Waals surface area contributed by atoms with Gasteiger partial charge in [0.25, 0.3) is 11.4 Å². The molecule has 11 heteroatoms. The van der Waals surface area contributed by atoms with Crippen LogP contribution in [0.5, 0.6) is 0 Å². The first-order valence-corrected chi connectivity index (χ1v) is 8.87. The van der Waals surface area contributed by atoms with Crippen LogP contribution in [0.2, 0.25) is 0 Å². The van der Waals surface area contributed by atoms with E-state index >= 15 is 0 Å². The van der Waals surface area contributed by atoms with Gasteiger partial charge in [-0.1, -0.05) is 0 Å². The number of benzene rings is 1. The standard InChI is InChI=1S/C19H20N4O7/c1-6-29-19(24)14-11(5)30-18(21)12(7-20)15(14)13-8(2)16(22(25)26)10(4)17(9(13)3)23(27)28/h15H,6,21H2,1-5H3/t15-/m1/s1. The van der Waals surface area contributed by atoms with E-state index in [1.165, 1.54) is 27.7 Å². The van der Waals surface area contributed by atoms with Gasteiger partial charge in [-0.25, -0.2) is 4.79 Å². The van der Waals surface area contributed by atoms with Gasteiger partial charge in [0.15, 0.2) is 0 Å². The number of nitro benzene ring substituents is 2. The minimum atomic E-state index is -1.22. The molecule has 1 aromatic rings. The fourth-order valence-corrected chi connectivity index (χ4v) is 3.84. The van der Waals surface area contributed by atoms with Crippen LogP contribution < -0.4 is 5.73 Å². The lowest BCUT2D eigenvalue weighted by Crippen LogP contribution is -2.27. The van der Waals surface area contributed by atoms with Crippen LogP contribution in [0.1, 0.15) is 42.0 Å². The Morgan fingerprint density at radius 2 is 1.63 bits per heavy atom. The van der Waals surface area contributed by atoms with Crippen molar-refractivity contribution < 1.29 is 24.1 Å². The van der Waals surface area contributed by atoms with Crippen LogP contribution in [0.3, 0.4) is 0 Å². The first-order valence-electron chi connectivity index (χ1n) is 8.87. The maximum atomic E-state index is 12.7. The third-order valence-corrected chi connectivity index (χ3v) is 4.98. The number of esters is 1. The van der Waals surface area contributed by atoms with E-state index in [0.717, 1.165) is 0 Å². The Hall–Kier alpha value is -3.94. The Kier molecular flexibility index (Phi) is 6.11. The summed E-state index contributed by atoms with van der Waals surface area (Å²) in [7, 11) is 0. The fraction of sp³-hybridized carbons (Fsp3) is 0.368. The van der Waals surface area contributed by atoms with Crippen LogP contribution in [0.15, 0.2) is 22.8 Å². The van der Waals surface area contributed by atoms with Crippen molar-refractivity contribution in [1.82, 2.24) is 0 Å². The molecule has 0 saturated carbocycles. The Labute approximate surface area is 171 Å². The van der Waals surface area contributed by atoms with Crippen molar-refractivity contribution in [3.63, 3.8) is 0 Å². The number of carbonyl (C=O) groups excluding carboxylic acids is 1. The summed E-state index contributed by atoms with van der Waals surface area (Å²) in [4.78, 5) is 34.7. The summed E-state index contributed by atoms with van der Waals surface area (Å²) >= 11 is 0. The molecular formula is C19H20N4O7. The van der Waals surface area contributed by atoms with Crippen molar-refractivity contribution >= 4 is 17.3 Å². The molecule has 0 aliphatic carbocycles. The first-order chi connectivity index (χ1) is 14.0. The SMILES string of the molecule is CCOC(=O)C1=C(C)OC(N)=C(C#N)[C@@H]1c1c(C)c([N+](=O)[O-])c(C)c([N+](=O)[O-])c1C. The molecule has 1 aliphatic heterocycles. The molecule has 30 heavy (non-hydrogen) atoms. The highest BCUT2D eigenvalue weighted by molar-refractivity contribution is 5.93. The van der Waals surface area contributed by atoms with E-state index in [4.69, 9.17) is 15.2 Å². The molecule has 11 nitrogen and oxygen atoms in total. The summed E-state index contributed by atoms with van der Waals surface area (Å²) in [6.07, 6.45) is 0. The van der Waals surface area contributed by atoms with Gasteiger partial charge in [0.2, 0.25) is 5.88 Å². The fourth-order valence-electron chi connectivity index (χ4n) is 3.84. The third kappa shape index (κ3) is 3.43. The molecular weight excluding hydrogens is 396 g/mol. The van der Waals surface area contributed by atoms with Crippen LogP contribution in [0, 0.1) is 52.3 Å². The smallest absolute Gasteiger partial charge is 0.338 e. The number of nitro groups is 2. The maximum absolute atomic E-state index is 12.7. The maximum Gasteiger partial charge on any atom is 0.338 e. The van der Waals surface area contributed by atoms with E-state index in [0.29, 0.717) is 0 Å². The molecule has 1 heterocycles. The van der Waals surface area contributed by atoms with Gasteiger partial charge in [0.1, 0.15) is 23.0 Å². The van der Waals surface area contributed by atoms with Gasteiger partial charge in [-0.05, 0) is 40.2 Å². The molecule has 0 saturated heterocycles. The number of hydrogen-bond acceptors (Lipinski definition) is 9. The zero-order valence-corrected chi connectivity index (χ0v) is 17.1. The summed E-state index contributed by atoms with van der Waals surface area (Å²) in [5.41, 5.74) is 4.75. The highest BCUT2D eigenvalue weighted by Crippen LogP contribution is 2.47. The van der Waals surface area contributed by atoms with Gasteiger partial charge < -0.3 is 15.2 Å². The number of nitrogens with zero attached hydrogens (tertiary/aromatic N) is 3. The number of nitriles is 1. The largest absolute Gasteiger partial charge is 0.463 e. The summed E-state index contributed by atoms with van der Waals surface area (Å²) in [6, 6.07) is 1.86. The summed E-state index contributed by atoms with van der Waals surface area (Å²) in [6.45, 7) is 7.15. The number of rotatable bonds is 5. The molecule has 0 fully saturated rings. The van der Waals surface area contributed by atoms with Crippen molar-refractivity contribution in [1.29, 1.82) is 5.26 Å². The second-order valence-electron chi connectivity index (χ2n) is 6.62. The summed E-state index contributed by atoms with van der Waals surface area (Å²) in [5.74, 6) is -2.29. The number of ether oxygens (including phenoxy) is 2. The molecule has 0 amide bonds. The van der Waals surface area contributed by atoms with Crippen molar-refractivity contribution in [2.45, 2.75) is 40.5 Å². The lowest BCUT2D eigenvalue weighted by Gasteiger charge is -2.29. The van der Waals surface area contributed by atoms with Crippen LogP contribution in [0.4, 0.5) is 11.4 Å². The van der Waals surface area contributed by atoms with Crippen LogP contribution in [-0.4, -0.2) is 22.4 Å². The highest BCUT2D eigenvalue weighted by atomic mass is 16.6. The van der Waals surface area contributed by atoms with Crippen LogP contribution in [0.25, 0.3) is 0 Å². The summed E-state index contributed by atoms with van der Waals surface area (Å²) in [5, 5.41) is 33.1. The first kappa shape index (κ1) is 22.4. The van der Waals surface area contributed by atoms with E-state index in [9.17, 15) is 30.3 Å². The number of allylic oxidation sites excluding steroid dienone is 2. The van der Waals surface area contributed by atoms with E-state index in [2.05, 4.69) is 0 Å². The lowest BCUT2D eigenvalue weighted by atomic mass is 9.77. The number of hydrogen-bond donors (Lipinski definition) is 1. The van der Waals surface area contributed by atoms with Crippen molar-refractivity contribution in [3.8, 4) is 6.07 Å². The molecule has 2 N–H and O–H groups in total. The second kappa shape index (κ2) is 8.20. The molecule has 0 unspecified atom stereocenters. The highest BCUT2D eigenvalue weighted by Gasteiger charge is 2.42. The average Bonchev–Trinajstić information content (AvgIpc) is 2.60. The molecule has 0 bridgehead atoms. The van der Waals surface area contributed by atoms with Crippen LogP contribution in [-0.2, 0) is 14.3 Å². The van der Waals surface area contributed by atoms with Gasteiger partial charge in [-0.15, -0.1) is 0 Å². The van der Waals surface area contributed by atoms with Gasteiger partial charge in [-0.3, -0.25) is 20.2 Å². The molecule has 2 rings (SSSR count). The molecule has 1 aliphatic rings. The predicted octanol–water partition coefficient (Wildman–Crippen LogP) is 3.07. The number of carbonyl (C=O) groups is 1. The molecule has 0 aromatic heterocycles. The van der Waals surface area contributed by atoms with Crippen molar-refractivity contribution in [3.05, 3.63) is 65.3 Å². The average molecular weight is 416 g/mol. The van der Waals surface area contributed by atoms with Crippen molar-refractivity contribution in [2.24, 2.45) is 5.73 Å². The van der Waals surface area contributed by atoms with Crippen LogP contribution >= 0.6 is 0 Å². The quantitative estimate of drug-likeness (QED) is 0.430. The molecule has 1 atom stereocenters. The van der Waals surface area contributed by atoms with Gasteiger partial charge in [0.05, 0.1) is 27.9 Å². The molecule has 158 valence electrons. The number of nitrogens with two attached hydrogens (primary N) is 1. The topological polar surface area (TPSA) is 172 Å². The lowest BCUT2D eigenvalue weighted by molar-refractivity contribution is -0.396. The van der Waals surface area contributed by atoms with Crippen molar-refractivity contribution in [2.75, 3.05) is 6.61 Å². The van der Waals surface area contributed by atoms with Gasteiger partial charge in [-0.2, -0.15) is 5.26 Å². The monoisotopic (exact) mass is 416 g/mol. The minimum Gasteiger partial charge on any atom is -0.463 e. The van der Waals surface area contributed by atoms with E-state index in [1.54, 1.807) is 6.92 Å². The molecule has 0 spiro atoms. The Bertz CT molecular complexity index is 1040. The Morgan fingerprint density at radius 1 is 1.13 bits per heavy atom. The minimum absolute atomic E-state index is 0.0234. The normalized spacial score (nSPS) is 16.1. The Morgan fingerprint density at radius 3 is 2.03 bits per heavy atom. The van der Waals surface area contributed by atoms with E-state index < -0.39 is 33.1 Å². The third-order valence-electron chi connectivity index (χ3n) is 4.98. The molecule has 0 radical (unpaired) electrons. The van der Waals surface area contributed by atoms with E-state index in [1.807, 2.05) is 6.07 Å². The zero-order chi connectivity index (χ0) is 22.9. The van der Waals surface area contributed by atoms with Gasteiger partial charge in [0, 0.05) is 11.1 Å². The Balaban J connectivity index is 3.05.